The molecule has 1 atom stereocenters. The van der Waals surface area contributed by atoms with Crippen LogP contribution in [0.2, 0.25) is 0 Å². The average Bonchev–Trinajstić information content (AvgIpc) is 2.70. The molecule has 13 heavy (non-hydrogen) atoms. The van der Waals surface area contributed by atoms with E-state index in [1.807, 2.05) is 12.4 Å². The van der Waals surface area contributed by atoms with E-state index in [1.165, 1.54) is 24.0 Å². The minimum Gasteiger partial charge on any atom is -0.310 e. The van der Waals surface area contributed by atoms with Crippen LogP contribution in [0.25, 0.3) is 0 Å². The van der Waals surface area contributed by atoms with Gasteiger partial charge in [-0.1, -0.05) is 6.92 Å². The Balaban J connectivity index is 2.26. The summed E-state index contributed by atoms with van der Waals surface area (Å²) in [7, 11) is 0. The quantitative estimate of drug-likeness (QED) is 0.746. The van der Waals surface area contributed by atoms with Crippen LogP contribution in [-0.4, -0.2) is 11.5 Å². The molecule has 0 aromatic carbocycles. The number of pyridine rings is 1. The molecule has 70 valence electrons. The molecule has 1 fully saturated rings. The van der Waals surface area contributed by atoms with Gasteiger partial charge in [-0.25, -0.2) is 0 Å². The summed E-state index contributed by atoms with van der Waals surface area (Å²) < 4.78 is 0. The lowest BCUT2D eigenvalue weighted by Gasteiger charge is -2.13. The molecule has 2 heteroatoms. The van der Waals surface area contributed by atoms with Crippen LogP contribution in [0.1, 0.15) is 36.9 Å². The van der Waals surface area contributed by atoms with Gasteiger partial charge in [-0.3, -0.25) is 4.98 Å². The third-order valence-electron chi connectivity index (χ3n) is 2.76. The molecule has 0 saturated carbocycles. The summed E-state index contributed by atoms with van der Waals surface area (Å²) in [5.41, 5.74) is 2.84. The lowest BCUT2D eigenvalue weighted by atomic mass is 10.0. The Kier molecular flexibility index (Phi) is 2.60. The summed E-state index contributed by atoms with van der Waals surface area (Å²) in [6.45, 7) is 3.36. The van der Waals surface area contributed by atoms with Gasteiger partial charge in [0.1, 0.15) is 0 Å². The zero-order chi connectivity index (χ0) is 9.10. The van der Waals surface area contributed by atoms with Crippen molar-refractivity contribution in [3.05, 3.63) is 29.6 Å². The Morgan fingerprint density at radius 1 is 1.62 bits per heavy atom. The fourth-order valence-corrected chi connectivity index (χ4v) is 2.02. The molecule has 2 heterocycles. The Labute approximate surface area is 79.4 Å². The van der Waals surface area contributed by atoms with E-state index in [1.54, 1.807) is 0 Å². The molecular formula is C11H16N2. The van der Waals surface area contributed by atoms with Crippen molar-refractivity contribution < 1.29 is 0 Å². The number of aryl methyl sites for hydroxylation is 1. The van der Waals surface area contributed by atoms with Crippen LogP contribution in [0.15, 0.2) is 18.5 Å². The minimum atomic E-state index is 0.559. The van der Waals surface area contributed by atoms with Gasteiger partial charge in [-0.05, 0) is 43.0 Å². The number of hydrogen-bond acceptors (Lipinski definition) is 2. The van der Waals surface area contributed by atoms with E-state index < -0.39 is 0 Å². The highest BCUT2D eigenvalue weighted by molar-refractivity contribution is 5.27. The highest BCUT2D eigenvalue weighted by Gasteiger charge is 2.18. The van der Waals surface area contributed by atoms with Crippen molar-refractivity contribution in [2.24, 2.45) is 0 Å². The van der Waals surface area contributed by atoms with Crippen LogP contribution in [0.3, 0.4) is 0 Å². The molecule has 1 aliphatic heterocycles. The summed E-state index contributed by atoms with van der Waals surface area (Å²) in [5.74, 6) is 0. The Morgan fingerprint density at radius 3 is 3.23 bits per heavy atom. The molecule has 2 rings (SSSR count). The van der Waals surface area contributed by atoms with Crippen molar-refractivity contribution in [1.29, 1.82) is 0 Å². The molecule has 0 spiro atoms. The van der Waals surface area contributed by atoms with E-state index in [0.717, 1.165) is 13.0 Å². The molecule has 0 radical (unpaired) electrons. The third kappa shape index (κ3) is 1.73. The van der Waals surface area contributed by atoms with Crippen LogP contribution in [0.4, 0.5) is 0 Å². The maximum atomic E-state index is 4.20. The predicted octanol–water partition coefficient (Wildman–Crippen LogP) is 2.07. The number of hydrogen-bond donors (Lipinski definition) is 1. The normalized spacial score (nSPS) is 22.1. The van der Waals surface area contributed by atoms with Crippen molar-refractivity contribution in [2.45, 2.75) is 32.2 Å². The summed E-state index contributed by atoms with van der Waals surface area (Å²) >= 11 is 0. The van der Waals surface area contributed by atoms with Gasteiger partial charge in [0, 0.05) is 18.4 Å². The largest absolute Gasteiger partial charge is 0.310 e. The second kappa shape index (κ2) is 3.88. The van der Waals surface area contributed by atoms with Crippen LogP contribution in [-0.2, 0) is 6.42 Å². The van der Waals surface area contributed by atoms with Crippen LogP contribution >= 0.6 is 0 Å². The van der Waals surface area contributed by atoms with Gasteiger partial charge in [0.2, 0.25) is 0 Å². The van der Waals surface area contributed by atoms with E-state index >= 15 is 0 Å². The maximum absolute atomic E-state index is 4.20. The molecule has 0 unspecified atom stereocenters. The number of aromatic nitrogens is 1. The molecule has 1 aromatic heterocycles. The van der Waals surface area contributed by atoms with Crippen LogP contribution in [0, 0.1) is 0 Å². The summed E-state index contributed by atoms with van der Waals surface area (Å²) in [6, 6.07) is 2.69. The zero-order valence-electron chi connectivity index (χ0n) is 8.09. The Hall–Kier alpha value is -0.890. The maximum Gasteiger partial charge on any atom is 0.0338 e. The topological polar surface area (TPSA) is 24.9 Å². The molecule has 1 N–H and O–H groups in total. The van der Waals surface area contributed by atoms with Crippen molar-refractivity contribution in [1.82, 2.24) is 10.3 Å². The second-order valence-electron chi connectivity index (χ2n) is 3.58. The van der Waals surface area contributed by atoms with Crippen LogP contribution < -0.4 is 5.32 Å². The molecule has 0 aliphatic carbocycles. The van der Waals surface area contributed by atoms with Gasteiger partial charge in [0.15, 0.2) is 0 Å². The van der Waals surface area contributed by atoms with Crippen molar-refractivity contribution >= 4 is 0 Å². The van der Waals surface area contributed by atoms with E-state index in [9.17, 15) is 0 Å². The monoisotopic (exact) mass is 176 g/mol. The first kappa shape index (κ1) is 8.70. The van der Waals surface area contributed by atoms with Crippen molar-refractivity contribution in [2.75, 3.05) is 6.54 Å². The van der Waals surface area contributed by atoms with Gasteiger partial charge in [-0.15, -0.1) is 0 Å². The van der Waals surface area contributed by atoms with E-state index in [0.29, 0.717) is 6.04 Å². The lowest BCUT2D eigenvalue weighted by Crippen LogP contribution is -2.14. The average molecular weight is 176 g/mol. The van der Waals surface area contributed by atoms with Crippen molar-refractivity contribution in [3.63, 3.8) is 0 Å². The first-order valence-corrected chi connectivity index (χ1v) is 5.08. The minimum absolute atomic E-state index is 0.559. The van der Waals surface area contributed by atoms with Gasteiger partial charge in [0.05, 0.1) is 0 Å². The first-order valence-electron chi connectivity index (χ1n) is 5.08. The fourth-order valence-electron chi connectivity index (χ4n) is 2.02. The van der Waals surface area contributed by atoms with E-state index in [4.69, 9.17) is 0 Å². The summed E-state index contributed by atoms with van der Waals surface area (Å²) in [5, 5.41) is 3.51. The van der Waals surface area contributed by atoms with Crippen molar-refractivity contribution in [3.8, 4) is 0 Å². The highest BCUT2D eigenvalue weighted by Crippen LogP contribution is 2.25. The summed E-state index contributed by atoms with van der Waals surface area (Å²) in [4.78, 5) is 4.20. The lowest BCUT2D eigenvalue weighted by molar-refractivity contribution is 0.638. The highest BCUT2D eigenvalue weighted by atomic mass is 14.9. The molecule has 1 aromatic rings. The van der Waals surface area contributed by atoms with Gasteiger partial charge < -0.3 is 5.32 Å². The van der Waals surface area contributed by atoms with Crippen LogP contribution in [0.5, 0.6) is 0 Å². The van der Waals surface area contributed by atoms with Gasteiger partial charge >= 0.3 is 0 Å². The van der Waals surface area contributed by atoms with E-state index in [2.05, 4.69) is 23.3 Å². The molecule has 0 amide bonds. The number of nitrogens with one attached hydrogen (secondary N) is 1. The zero-order valence-corrected chi connectivity index (χ0v) is 8.09. The second-order valence-corrected chi connectivity index (χ2v) is 3.58. The summed E-state index contributed by atoms with van der Waals surface area (Å²) in [6.07, 6.45) is 7.57. The predicted molar refractivity (Wildman–Crippen MR) is 53.6 cm³/mol. The molecule has 0 bridgehead atoms. The SMILES string of the molecule is CCc1ccncc1[C@@H]1CCCN1. The van der Waals surface area contributed by atoms with E-state index in [-0.39, 0.29) is 0 Å². The standard InChI is InChI=1S/C11H16N2/c1-2-9-5-7-12-8-10(9)11-4-3-6-13-11/h5,7-8,11,13H,2-4,6H2,1H3/t11-/m0/s1. The molecule has 1 saturated heterocycles. The third-order valence-corrected chi connectivity index (χ3v) is 2.76. The molecule has 1 aliphatic rings. The molecule has 2 nitrogen and oxygen atoms in total. The Morgan fingerprint density at radius 2 is 2.54 bits per heavy atom. The molecular weight excluding hydrogens is 160 g/mol. The number of rotatable bonds is 2. The number of nitrogens with zero attached hydrogens (tertiary/aromatic N) is 1. The Bertz CT molecular complexity index is 277. The first-order chi connectivity index (χ1) is 6.42. The van der Waals surface area contributed by atoms with Gasteiger partial charge in [0.25, 0.3) is 0 Å². The fraction of sp³-hybridized carbons (Fsp3) is 0.545. The van der Waals surface area contributed by atoms with Gasteiger partial charge in [-0.2, -0.15) is 0 Å². The smallest absolute Gasteiger partial charge is 0.0338 e.